The van der Waals surface area contributed by atoms with Crippen molar-refractivity contribution in [3.63, 3.8) is 0 Å². The minimum atomic E-state index is -1.96. The van der Waals surface area contributed by atoms with E-state index in [-0.39, 0.29) is 53.1 Å². The number of esters is 1. The van der Waals surface area contributed by atoms with Crippen LogP contribution in [0.2, 0.25) is 0 Å². The van der Waals surface area contributed by atoms with Crippen LogP contribution in [0.25, 0.3) is 22.2 Å². The quantitative estimate of drug-likeness (QED) is 0.408. The number of hydrogen-bond donors (Lipinski definition) is 1. The molecule has 3 fully saturated rings. The minimum absolute atomic E-state index is 0.0299. The molecule has 1 N–H and O–H groups in total. The molecule has 1 aromatic carbocycles. The van der Waals surface area contributed by atoms with Crippen LogP contribution < -0.4 is 11.0 Å². The summed E-state index contributed by atoms with van der Waals surface area (Å²) in [5, 5.41) is 11.5. The SMILES string of the molecule is CC[C@@]1(O)C(=O)OCc2c1cc1n(c2=O)Cc2c-1c(=O)c1cc(F)ccc1n2[C@@H]1CCN(C2CC3(CC3)C2)C1. The van der Waals surface area contributed by atoms with Crippen LogP contribution in [0.15, 0.2) is 33.9 Å². The molecule has 39 heavy (non-hydrogen) atoms. The van der Waals surface area contributed by atoms with Gasteiger partial charge in [0.1, 0.15) is 12.4 Å². The Morgan fingerprint density at radius 3 is 2.67 bits per heavy atom. The van der Waals surface area contributed by atoms with Crippen molar-refractivity contribution in [3.8, 4) is 11.3 Å². The average molecular weight is 532 g/mol. The number of nitrogens with zero attached hydrogens (tertiary/aromatic N) is 3. The molecule has 1 spiro atoms. The van der Waals surface area contributed by atoms with Crippen LogP contribution in [0, 0.1) is 11.2 Å². The normalized spacial score (nSPS) is 26.8. The molecule has 2 atom stereocenters. The molecule has 3 aliphatic heterocycles. The number of cyclic esters (lactones) is 1. The highest BCUT2D eigenvalue weighted by atomic mass is 19.1. The third-order valence-electron chi connectivity index (χ3n) is 10.2. The maximum atomic E-state index is 14.5. The number of ether oxygens (including phenoxy) is 1. The summed E-state index contributed by atoms with van der Waals surface area (Å²) in [4.78, 5) is 42.7. The molecule has 3 aromatic rings. The Morgan fingerprint density at radius 2 is 1.92 bits per heavy atom. The predicted octanol–water partition coefficient (Wildman–Crippen LogP) is 3.17. The Kier molecular flexibility index (Phi) is 4.63. The fraction of sp³-hybridized carbons (Fsp3) is 0.500. The lowest BCUT2D eigenvalue weighted by molar-refractivity contribution is -0.172. The van der Waals surface area contributed by atoms with Gasteiger partial charge in [0, 0.05) is 36.1 Å². The van der Waals surface area contributed by atoms with Crippen LogP contribution in [0.4, 0.5) is 4.39 Å². The first-order valence-electron chi connectivity index (χ1n) is 14.0. The Bertz CT molecular complexity index is 1730. The van der Waals surface area contributed by atoms with E-state index in [0.717, 1.165) is 25.2 Å². The van der Waals surface area contributed by atoms with Crippen LogP contribution >= 0.6 is 0 Å². The van der Waals surface area contributed by atoms with Crippen LogP contribution in [-0.2, 0) is 28.3 Å². The van der Waals surface area contributed by atoms with Gasteiger partial charge in [0.2, 0.25) is 0 Å². The number of likely N-dealkylation sites (tertiary alicyclic amines) is 1. The first-order chi connectivity index (χ1) is 18.7. The second kappa shape index (κ2) is 7.67. The number of carbonyl (C=O) groups is 1. The number of carbonyl (C=O) groups excluding carboxylic acids is 1. The molecule has 9 heteroatoms. The van der Waals surface area contributed by atoms with Crippen molar-refractivity contribution in [2.45, 2.75) is 76.3 Å². The zero-order valence-electron chi connectivity index (χ0n) is 21.8. The average Bonchev–Trinajstić information content (AvgIpc) is 3.41. The fourth-order valence-electron chi connectivity index (χ4n) is 7.78. The van der Waals surface area contributed by atoms with E-state index in [4.69, 9.17) is 4.74 Å². The second-order valence-corrected chi connectivity index (χ2v) is 12.3. The zero-order chi connectivity index (χ0) is 26.8. The topological polar surface area (TPSA) is 93.8 Å². The highest BCUT2D eigenvalue weighted by molar-refractivity contribution is 5.88. The van der Waals surface area contributed by atoms with Crippen molar-refractivity contribution in [2.24, 2.45) is 5.41 Å². The molecule has 0 bridgehead atoms. The molecule has 1 saturated heterocycles. The number of fused-ring (bicyclic) bond motifs is 5. The summed E-state index contributed by atoms with van der Waals surface area (Å²) in [5.41, 5.74) is 0.478. The third kappa shape index (κ3) is 3.08. The van der Waals surface area contributed by atoms with E-state index in [2.05, 4.69) is 9.47 Å². The lowest BCUT2D eigenvalue weighted by Crippen LogP contribution is -2.44. The summed E-state index contributed by atoms with van der Waals surface area (Å²) in [6, 6.07) is 6.63. The summed E-state index contributed by atoms with van der Waals surface area (Å²) in [5.74, 6) is -1.29. The molecular formula is C30H30FN3O5. The molecule has 8 nitrogen and oxygen atoms in total. The van der Waals surface area contributed by atoms with Gasteiger partial charge in [-0.15, -0.1) is 0 Å². The Morgan fingerprint density at radius 1 is 1.13 bits per heavy atom. The van der Waals surface area contributed by atoms with E-state index in [1.807, 2.05) is 0 Å². The molecule has 5 heterocycles. The molecule has 0 unspecified atom stereocenters. The highest BCUT2D eigenvalue weighted by Gasteiger charge is 2.55. The van der Waals surface area contributed by atoms with Gasteiger partial charge in [-0.2, -0.15) is 0 Å². The van der Waals surface area contributed by atoms with Gasteiger partial charge < -0.3 is 19.0 Å². The fourth-order valence-corrected chi connectivity index (χ4v) is 7.78. The van der Waals surface area contributed by atoms with Crippen molar-refractivity contribution >= 4 is 16.9 Å². The molecular weight excluding hydrogens is 501 g/mol. The van der Waals surface area contributed by atoms with Crippen LogP contribution in [0.1, 0.15) is 68.3 Å². The lowest BCUT2D eigenvalue weighted by Gasteiger charge is -2.42. The zero-order valence-corrected chi connectivity index (χ0v) is 21.8. The molecule has 0 radical (unpaired) electrons. The van der Waals surface area contributed by atoms with Crippen molar-refractivity contribution in [2.75, 3.05) is 13.1 Å². The van der Waals surface area contributed by atoms with E-state index in [1.165, 1.54) is 37.8 Å². The van der Waals surface area contributed by atoms with Crippen LogP contribution in [0.5, 0.6) is 0 Å². The molecule has 0 amide bonds. The lowest BCUT2D eigenvalue weighted by atomic mass is 9.76. The summed E-state index contributed by atoms with van der Waals surface area (Å²) in [7, 11) is 0. The van der Waals surface area contributed by atoms with Crippen molar-refractivity contribution < 1.29 is 19.0 Å². The smallest absolute Gasteiger partial charge is 0.343 e. The first-order valence-corrected chi connectivity index (χ1v) is 14.0. The molecule has 2 aliphatic carbocycles. The van der Waals surface area contributed by atoms with Gasteiger partial charge in [0.05, 0.1) is 34.6 Å². The molecule has 8 rings (SSSR count). The predicted molar refractivity (Wildman–Crippen MR) is 141 cm³/mol. The minimum Gasteiger partial charge on any atom is -0.458 e. The largest absolute Gasteiger partial charge is 0.458 e. The van der Waals surface area contributed by atoms with E-state index >= 15 is 0 Å². The number of halogens is 1. The number of benzene rings is 1. The number of rotatable bonds is 3. The summed E-state index contributed by atoms with van der Waals surface area (Å²) >= 11 is 0. The van der Waals surface area contributed by atoms with Gasteiger partial charge in [-0.25, -0.2) is 9.18 Å². The number of hydrogen-bond acceptors (Lipinski definition) is 6. The van der Waals surface area contributed by atoms with Gasteiger partial charge >= 0.3 is 5.97 Å². The third-order valence-corrected chi connectivity index (χ3v) is 10.2. The van der Waals surface area contributed by atoms with Gasteiger partial charge in [-0.05, 0) is 68.2 Å². The maximum absolute atomic E-state index is 14.5. The van der Waals surface area contributed by atoms with E-state index in [0.29, 0.717) is 28.2 Å². The molecule has 202 valence electrons. The van der Waals surface area contributed by atoms with Gasteiger partial charge in [-0.1, -0.05) is 6.92 Å². The summed E-state index contributed by atoms with van der Waals surface area (Å²) in [6.07, 6.45) is 6.17. The summed E-state index contributed by atoms with van der Waals surface area (Å²) in [6.45, 7) is 3.45. The van der Waals surface area contributed by atoms with Crippen molar-refractivity contribution in [3.05, 3.63) is 67.5 Å². The standard InChI is InChI=1S/C30H30FN3O5/c1-2-30(38)21-10-23-25-24(14-33(23)27(36)20(21)15-39-28(30)37)34(22-4-3-16(31)9-19(22)26(25)35)17-5-8-32(13-17)18-11-29(12-18)6-7-29/h3-4,9-10,17-18,38H,2,5-8,11-15H2,1H3/t17-,30+/m1/s1. The highest BCUT2D eigenvalue weighted by Crippen LogP contribution is 2.62. The number of aliphatic hydroxyl groups is 1. The second-order valence-electron chi connectivity index (χ2n) is 12.3. The van der Waals surface area contributed by atoms with E-state index < -0.39 is 17.4 Å². The molecule has 2 saturated carbocycles. The first kappa shape index (κ1) is 23.6. The molecule has 2 aromatic heterocycles. The van der Waals surface area contributed by atoms with E-state index in [9.17, 15) is 23.9 Å². The van der Waals surface area contributed by atoms with Crippen molar-refractivity contribution in [1.82, 2.24) is 14.0 Å². The Labute approximate surface area is 223 Å². The maximum Gasteiger partial charge on any atom is 0.343 e. The van der Waals surface area contributed by atoms with Crippen LogP contribution in [-0.4, -0.2) is 44.2 Å². The monoisotopic (exact) mass is 531 g/mol. The number of aromatic nitrogens is 2. The number of pyridine rings is 2. The van der Waals surface area contributed by atoms with Crippen molar-refractivity contribution in [1.29, 1.82) is 0 Å². The molecule has 5 aliphatic rings. The summed E-state index contributed by atoms with van der Waals surface area (Å²) < 4.78 is 23.3. The Balaban J connectivity index is 1.31. The van der Waals surface area contributed by atoms with Gasteiger partial charge in [0.15, 0.2) is 11.0 Å². The van der Waals surface area contributed by atoms with E-state index in [1.54, 1.807) is 23.6 Å². The van der Waals surface area contributed by atoms with Gasteiger partial charge in [0.25, 0.3) is 5.56 Å². The Hall–Kier alpha value is -3.30. The van der Waals surface area contributed by atoms with Crippen LogP contribution in [0.3, 0.4) is 0 Å². The van der Waals surface area contributed by atoms with Gasteiger partial charge in [-0.3, -0.25) is 14.5 Å².